The zero-order valence-electron chi connectivity index (χ0n) is 10.7. The van der Waals surface area contributed by atoms with Gasteiger partial charge in [0.15, 0.2) is 11.5 Å². The van der Waals surface area contributed by atoms with Crippen molar-refractivity contribution in [1.82, 2.24) is 9.97 Å². The highest BCUT2D eigenvalue weighted by molar-refractivity contribution is 5.44. The molecule has 5 heteroatoms. The summed E-state index contributed by atoms with van der Waals surface area (Å²) in [5, 5.41) is 0. The minimum absolute atomic E-state index is 0.497. The molecule has 1 aromatic heterocycles. The van der Waals surface area contributed by atoms with Crippen LogP contribution in [0.15, 0.2) is 24.5 Å². The first-order valence-corrected chi connectivity index (χ1v) is 6.46. The molecule has 0 saturated heterocycles. The van der Waals surface area contributed by atoms with Gasteiger partial charge in [-0.3, -0.25) is 0 Å². The summed E-state index contributed by atoms with van der Waals surface area (Å²) in [5.74, 6) is 1.67. The van der Waals surface area contributed by atoms with E-state index in [0.717, 1.165) is 35.7 Å². The third kappa shape index (κ3) is 2.56. The average Bonchev–Trinajstić information content (AvgIpc) is 2.92. The minimum atomic E-state index is 0.497. The third-order valence-corrected chi connectivity index (χ3v) is 3.27. The molecule has 0 radical (unpaired) electrons. The molecule has 0 amide bonds. The van der Waals surface area contributed by atoms with E-state index in [1.54, 1.807) is 6.33 Å². The molecule has 3 rings (SSSR count). The van der Waals surface area contributed by atoms with Crippen molar-refractivity contribution in [3.8, 4) is 11.5 Å². The zero-order chi connectivity index (χ0) is 13.1. The second kappa shape index (κ2) is 5.32. The molecule has 0 unspecified atom stereocenters. The number of ether oxygens (including phenoxy) is 2. The number of aryl methyl sites for hydroxylation is 2. The van der Waals surface area contributed by atoms with Gasteiger partial charge in [0.05, 0.1) is 17.7 Å². The summed E-state index contributed by atoms with van der Waals surface area (Å²) < 4.78 is 11.1. The number of nitrogens with two attached hydrogens (primary N) is 1. The smallest absolute Gasteiger partial charge is 0.161 e. The van der Waals surface area contributed by atoms with Crippen molar-refractivity contribution >= 4 is 0 Å². The maximum atomic E-state index is 5.65. The van der Waals surface area contributed by atoms with Crippen molar-refractivity contribution in [1.29, 1.82) is 0 Å². The van der Waals surface area contributed by atoms with E-state index in [2.05, 4.69) is 16.0 Å². The number of imidazole rings is 1. The zero-order valence-corrected chi connectivity index (χ0v) is 10.7. The maximum Gasteiger partial charge on any atom is 0.161 e. The number of benzene rings is 1. The highest BCUT2D eigenvalue weighted by atomic mass is 16.6. The van der Waals surface area contributed by atoms with Crippen LogP contribution in [0.25, 0.3) is 0 Å². The molecule has 2 heterocycles. The Labute approximate surface area is 111 Å². The van der Waals surface area contributed by atoms with Gasteiger partial charge in [0.25, 0.3) is 0 Å². The van der Waals surface area contributed by atoms with Crippen LogP contribution in [0, 0.1) is 0 Å². The first-order chi connectivity index (χ1) is 9.36. The van der Waals surface area contributed by atoms with Crippen molar-refractivity contribution in [3.05, 3.63) is 41.5 Å². The lowest BCUT2D eigenvalue weighted by Gasteiger charge is -2.18. The summed E-state index contributed by atoms with van der Waals surface area (Å²) in [6.45, 7) is 1.74. The lowest BCUT2D eigenvalue weighted by Crippen LogP contribution is -2.15. The van der Waals surface area contributed by atoms with Crippen LogP contribution >= 0.6 is 0 Å². The predicted octanol–water partition coefficient (Wildman–Crippen LogP) is 1.42. The number of aromatic amines is 1. The van der Waals surface area contributed by atoms with Gasteiger partial charge in [-0.1, -0.05) is 6.07 Å². The first-order valence-electron chi connectivity index (χ1n) is 6.46. The molecule has 0 atom stereocenters. The van der Waals surface area contributed by atoms with Crippen molar-refractivity contribution in [2.75, 3.05) is 13.2 Å². The first kappa shape index (κ1) is 12.0. The molecule has 3 N–H and O–H groups in total. The van der Waals surface area contributed by atoms with Gasteiger partial charge in [-0.2, -0.15) is 0 Å². The topological polar surface area (TPSA) is 73.2 Å². The third-order valence-electron chi connectivity index (χ3n) is 3.27. The summed E-state index contributed by atoms with van der Waals surface area (Å²) in [6, 6.07) is 6.09. The summed E-state index contributed by atoms with van der Waals surface area (Å²) in [5.41, 5.74) is 8.92. The van der Waals surface area contributed by atoms with Gasteiger partial charge in [0, 0.05) is 6.54 Å². The lowest BCUT2D eigenvalue weighted by molar-refractivity contribution is 0.171. The number of fused-ring (bicyclic) bond motifs is 1. The largest absolute Gasteiger partial charge is 0.486 e. The molecule has 0 aliphatic carbocycles. The molecule has 0 bridgehead atoms. The number of hydrogen-bond acceptors (Lipinski definition) is 4. The summed E-state index contributed by atoms with van der Waals surface area (Å²) in [6.07, 6.45) is 3.48. The van der Waals surface area contributed by atoms with Crippen molar-refractivity contribution in [2.24, 2.45) is 5.73 Å². The highest BCUT2D eigenvalue weighted by Crippen LogP contribution is 2.31. The molecular weight excluding hydrogens is 242 g/mol. The van der Waals surface area contributed by atoms with Gasteiger partial charge < -0.3 is 20.2 Å². The number of hydrogen-bond donors (Lipinski definition) is 2. The van der Waals surface area contributed by atoms with E-state index in [1.807, 2.05) is 12.1 Å². The fourth-order valence-corrected chi connectivity index (χ4v) is 2.25. The number of aromatic nitrogens is 2. The quantitative estimate of drug-likeness (QED) is 0.871. The SMILES string of the molecule is NCc1[nH]cnc1CCc1ccc2c(c1)OCCO2. The standard InChI is InChI=1S/C14H17N3O2/c15-8-12-11(16-9-17-12)3-1-10-2-4-13-14(7-10)19-6-5-18-13/h2,4,7,9H,1,3,5-6,8,15H2,(H,16,17). The molecule has 100 valence electrons. The second-order valence-corrected chi connectivity index (χ2v) is 4.51. The molecule has 2 aromatic rings. The van der Waals surface area contributed by atoms with Gasteiger partial charge in [0.2, 0.25) is 0 Å². The normalized spacial score (nSPS) is 13.5. The molecule has 0 saturated carbocycles. The lowest BCUT2D eigenvalue weighted by atomic mass is 10.1. The van der Waals surface area contributed by atoms with E-state index in [1.165, 1.54) is 5.56 Å². The van der Waals surface area contributed by atoms with Crippen LogP contribution in [-0.2, 0) is 19.4 Å². The van der Waals surface area contributed by atoms with E-state index in [0.29, 0.717) is 19.8 Å². The van der Waals surface area contributed by atoms with Gasteiger partial charge in [0.1, 0.15) is 13.2 Å². The van der Waals surface area contributed by atoms with E-state index in [4.69, 9.17) is 15.2 Å². The molecule has 0 spiro atoms. The predicted molar refractivity (Wildman–Crippen MR) is 71.3 cm³/mol. The van der Waals surface area contributed by atoms with E-state index in [-0.39, 0.29) is 0 Å². The highest BCUT2D eigenvalue weighted by Gasteiger charge is 2.12. The number of H-pyrrole nitrogens is 1. The Hall–Kier alpha value is -2.01. The van der Waals surface area contributed by atoms with Crippen LogP contribution in [0.1, 0.15) is 17.0 Å². The van der Waals surface area contributed by atoms with Crippen LogP contribution in [0.5, 0.6) is 11.5 Å². The number of nitrogens with one attached hydrogen (secondary N) is 1. The Bertz CT molecular complexity index is 566. The Kier molecular flexibility index (Phi) is 3.37. The Morgan fingerprint density at radius 2 is 2.00 bits per heavy atom. The van der Waals surface area contributed by atoms with Gasteiger partial charge in [-0.25, -0.2) is 4.98 Å². The molecule has 1 aliphatic rings. The molecule has 19 heavy (non-hydrogen) atoms. The van der Waals surface area contributed by atoms with E-state index >= 15 is 0 Å². The Balaban J connectivity index is 1.70. The fraction of sp³-hybridized carbons (Fsp3) is 0.357. The van der Waals surface area contributed by atoms with Crippen LogP contribution in [0.4, 0.5) is 0 Å². The average molecular weight is 259 g/mol. The summed E-state index contributed by atoms with van der Waals surface area (Å²) >= 11 is 0. The van der Waals surface area contributed by atoms with Crippen molar-refractivity contribution in [3.63, 3.8) is 0 Å². The second-order valence-electron chi connectivity index (χ2n) is 4.51. The van der Waals surface area contributed by atoms with Crippen molar-refractivity contribution in [2.45, 2.75) is 19.4 Å². The molecule has 1 aliphatic heterocycles. The van der Waals surface area contributed by atoms with Gasteiger partial charge in [-0.15, -0.1) is 0 Å². The molecule has 5 nitrogen and oxygen atoms in total. The number of nitrogens with zero attached hydrogens (tertiary/aromatic N) is 1. The van der Waals surface area contributed by atoms with Gasteiger partial charge >= 0.3 is 0 Å². The van der Waals surface area contributed by atoms with Crippen molar-refractivity contribution < 1.29 is 9.47 Å². The number of rotatable bonds is 4. The Morgan fingerprint density at radius 1 is 1.16 bits per heavy atom. The molecular formula is C14H17N3O2. The van der Waals surface area contributed by atoms with Gasteiger partial charge in [-0.05, 0) is 30.5 Å². The fourth-order valence-electron chi connectivity index (χ4n) is 2.25. The molecule has 0 fully saturated rings. The van der Waals surface area contributed by atoms with E-state index in [9.17, 15) is 0 Å². The van der Waals surface area contributed by atoms with E-state index < -0.39 is 0 Å². The van der Waals surface area contributed by atoms with Crippen LogP contribution in [-0.4, -0.2) is 23.2 Å². The summed E-state index contributed by atoms with van der Waals surface area (Å²) in [7, 11) is 0. The van der Waals surface area contributed by atoms with Crippen LogP contribution in [0.3, 0.4) is 0 Å². The summed E-state index contributed by atoms with van der Waals surface area (Å²) in [4.78, 5) is 7.36. The molecule has 1 aromatic carbocycles. The maximum absolute atomic E-state index is 5.65. The monoisotopic (exact) mass is 259 g/mol. The minimum Gasteiger partial charge on any atom is -0.486 e. The van der Waals surface area contributed by atoms with Crippen LogP contribution in [0.2, 0.25) is 0 Å². The Morgan fingerprint density at radius 3 is 2.84 bits per heavy atom. The van der Waals surface area contributed by atoms with Crippen LogP contribution < -0.4 is 15.2 Å².